The molecule has 0 saturated carbocycles. The van der Waals surface area contributed by atoms with E-state index in [0.29, 0.717) is 6.04 Å². The van der Waals surface area contributed by atoms with E-state index in [9.17, 15) is 0 Å². The van der Waals surface area contributed by atoms with Crippen LogP contribution in [0.2, 0.25) is 0 Å². The van der Waals surface area contributed by atoms with Gasteiger partial charge in [-0.2, -0.15) is 0 Å². The van der Waals surface area contributed by atoms with Gasteiger partial charge in [-0.15, -0.1) is 0 Å². The molecule has 2 nitrogen and oxygen atoms in total. The van der Waals surface area contributed by atoms with Crippen LogP contribution in [0.25, 0.3) is 22.5 Å². The molecule has 0 N–H and O–H groups in total. The van der Waals surface area contributed by atoms with E-state index in [1.807, 2.05) is 12.1 Å². The highest BCUT2D eigenvalue weighted by atomic mass is 16.3. The fourth-order valence-electron chi connectivity index (χ4n) is 2.52. The Labute approximate surface area is 132 Å². The van der Waals surface area contributed by atoms with Crippen molar-refractivity contribution in [1.82, 2.24) is 4.90 Å². The van der Waals surface area contributed by atoms with Crippen molar-refractivity contribution >= 4 is 0 Å². The summed E-state index contributed by atoms with van der Waals surface area (Å²) < 4.78 is 5.42. The van der Waals surface area contributed by atoms with E-state index in [1.165, 1.54) is 16.7 Å². The zero-order valence-corrected chi connectivity index (χ0v) is 13.3. The molecule has 0 bridgehead atoms. The minimum Gasteiger partial charge on any atom is -0.464 e. The second-order valence-corrected chi connectivity index (χ2v) is 5.82. The molecule has 0 amide bonds. The maximum Gasteiger partial charge on any atom is 0.133 e. The smallest absolute Gasteiger partial charge is 0.133 e. The van der Waals surface area contributed by atoms with Gasteiger partial charge in [0.05, 0.1) is 6.26 Å². The fourth-order valence-corrected chi connectivity index (χ4v) is 2.52. The Morgan fingerprint density at radius 1 is 0.773 bits per heavy atom. The summed E-state index contributed by atoms with van der Waals surface area (Å²) in [5.41, 5.74) is 4.90. The molecule has 0 saturated heterocycles. The molecule has 0 radical (unpaired) electrons. The highest BCUT2D eigenvalue weighted by molar-refractivity contribution is 5.68. The summed E-state index contributed by atoms with van der Waals surface area (Å²) in [4.78, 5) is 2.22. The summed E-state index contributed by atoms with van der Waals surface area (Å²) in [6.07, 6.45) is 1.70. The van der Waals surface area contributed by atoms with Gasteiger partial charge in [0.1, 0.15) is 5.76 Å². The van der Waals surface area contributed by atoms with E-state index in [4.69, 9.17) is 4.42 Å². The Balaban J connectivity index is 1.82. The van der Waals surface area contributed by atoms with Crippen molar-refractivity contribution in [3.05, 3.63) is 72.5 Å². The lowest BCUT2D eigenvalue weighted by Crippen LogP contribution is -2.16. The molecule has 1 atom stereocenters. The molecule has 2 heteroatoms. The topological polar surface area (TPSA) is 16.4 Å². The molecule has 3 aromatic rings. The van der Waals surface area contributed by atoms with Crippen molar-refractivity contribution in [2.45, 2.75) is 13.0 Å². The largest absolute Gasteiger partial charge is 0.464 e. The molecule has 0 aliphatic rings. The van der Waals surface area contributed by atoms with E-state index in [1.54, 1.807) is 6.26 Å². The summed E-state index contributed by atoms with van der Waals surface area (Å²) in [6, 6.07) is 21.6. The van der Waals surface area contributed by atoms with Crippen molar-refractivity contribution in [2.24, 2.45) is 0 Å². The number of hydrogen-bond acceptors (Lipinski definition) is 2. The summed E-state index contributed by atoms with van der Waals surface area (Å²) >= 11 is 0. The van der Waals surface area contributed by atoms with Gasteiger partial charge in [0.2, 0.25) is 0 Å². The van der Waals surface area contributed by atoms with Crippen LogP contribution in [-0.2, 0) is 0 Å². The molecule has 0 aliphatic carbocycles. The first-order valence-electron chi connectivity index (χ1n) is 7.56. The second kappa shape index (κ2) is 6.20. The van der Waals surface area contributed by atoms with Crippen molar-refractivity contribution in [3.8, 4) is 22.5 Å². The highest BCUT2D eigenvalue weighted by Crippen LogP contribution is 2.26. The summed E-state index contributed by atoms with van der Waals surface area (Å²) in [5.74, 6) is 0.904. The fraction of sp³-hybridized carbons (Fsp3) is 0.200. The molecule has 1 unspecified atom stereocenters. The third-order valence-corrected chi connectivity index (χ3v) is 4.19. The SMILES string of the molecule is CC(c1ccc(-c2ccc(-c3ccco3)cc2)cc1)N(C)C. The van der Waals surface area contributed by atoms with Crippen molar-refractivity contribution in [1.29, 1.82) is 0 Å². The van der Waals surface area contributed by atoms with Gasteiger partial charge in [0, 0.05) is 11.6 Å². The van der Waals surface area contributed by atoms with Crippen LogP contribution in [0, 0.1) is 0 Å². The van der Waals surface area contributed by atoms with Gasteiger partial charge in [-0.25, -0.2) is 0 Å². The predicted octanol–water partition coefficient (Wildman–Crippen LogP) is 5.24. The number of nitrogens with zero attached hydrogens (tertiary/aromatic N) is 1. The summed E-state index contributed by atoms with van der Waals surface area (Å²) in [6.45, 7) is 2.22. The molecule has 3 rings (SSSR count). The van der Waals surface area contributed by atoms with Crippen LogP contribution in [0.3, 0.4) is 0 Å². The lowest BCUT2D eigenvalue weighted by Gasteiger charge is -2.20. The lowest BCUT2D eigenvalue weighted by atomic mass is 10.00. The zero-order valence-electron chi connectivity index (χ0n) is 13.3. The molecular formula is C20H21NO. The summed E-state index contributed by atoms with van der Waals surface area (Å²) in [5, 5.41) is 0. The van der Waals surface area contributed by atoms with Crippen molar-refractivity contribution < 1.29 is 4.42 Å². The minimum absolute atomic E-state index is 0.426. The first kappa shape index (κ1) is 14.6. The highest BCUT2D eigenvalue weighted by Gasteiger charge is 2.08. The third-order valence-electron chi connectivity index (χ3n) is 4.19. The Bertz CT molecular complexity index is 709. The van der Waals surface area contributed by atoms with Crippen LogP contribution < -0.4 is 0 Å². The van der Waals surface area contributed by atoms with Crippen LogP contribution in [0.5, 0.6) is 0 Å². The number of benzene rings is 2. The zero-order chi connectivity index (χ0) is 15.5. The molecule has 0 spiro atoms. The maximum absolute atomic E-state index is 5.42. The van der Waals surface area contributed by atoms with Gasteiger partial charge < -0.3 is 9.32 Å². The predicted molar refractivity (Wildman–Crippen MR) is 91.7 cm³/mol. The van der Waals surface area contributed by atoms with Crippen molar-refractivity contribution in [2.75, 3.05) is 14.1 Å². The van der Waals surface area contributed by atoms with E-state index in [-0.39, 0.29) is 0 Å². The molecule has 22 heavy (non-hydrogen) atoms. The van der Waals surface area contributed by atoms with Gasteiger partial charge in [-0.05, 0) is 49.8 Å². The van der Waals surface area contributed by atoms with Gasteiger partial charge in [-0.1, -0.05) is 48.5 Å². The molecular weight excluding hydrogens is 270 g/mol. The molecule has 2 aromatic carbocycles. The van der Waals surface area contributed by atoms with Crippen LogP contribution in [0.15, 0.2) is 71.3 Å². The molecule has 1 aromatic heterocycles. The van der Waals surface area contributed by atoms with Gasteiger partial charge in [-0.3, -0.25) is 0 Å². The van der Waals surface area contributed by atoms with Gasteiger partial charge in [0.25, 0.3) is 0 Å². The average Bonchev–Trinajstić information content (AvgIpc) is 3.09. The molecule has 1 heterocycles. The van der Waals surface area contributed by atoms with Crippen molar-refractivity contribution in [3.63, 3.8) is 0 Å². The number of rotatable bonds is 4. The Kier molecular flexibility index (Phi) is 4.12. The van der Waals surface area contributed by atoms with E-state index in [0.717, 1.165) is 11.3 Å². The Morgan fingerprint density at radius 2 is 1.32 bits per heavy atom. The molecule has 0 aliphatic heterocycles. The van der Waals surface area contributed by atoms with Crippen LogP contribution in [0.4, 0.5) is 0 Å². The first-order chi connectivity index (χ1) is 10.6. The minimum atomic E-state index is 0.426. The van der Waals surface area contributed by atoms with Crippen LogP contribution in [0.1, 0.15) is 18.5 Å². The third kappa shape index (κ3) is 2.97. The van der Waals surface area contributed by atoms with E-state index < -0.39 is 0 Å². The van der Waals surface area contributed by atoms with Gasteiger partial charge in [0.15, 0.2) is 0 Å². The molecule has 0 fully saturated rings. The maximum atomic E-state index is 5.42. The standard InChI is InChI=1S/C20H21NO/c1-15(21(2)3)16-6-8-17(9-7-16)18-10-12-19(13-11-18)20-5-4-14-22-20/h4-15H,1-3H3. The monoisotopic (exact) mass is 291 g/mol. The lowest BCUT2D eigenvalue weighted by molar-refractivity contribution is 0.321. The van der Waals surface area contributed by atoms with Gasteiger partial charge >= 0.3 is 0 Å². The Hall–Kier alpha value is -2.32. The van der Waals surface area contributed by atoms with E-state index >= 15 is 0 Å². The number of furan rings is 1. The second-order valence-electron chi connectivity index (χ2n) is 5.82. The Morgan fingerprint density at radius 3 is 1.82 bits per heavy atom. The summed E-state index contributed by atoms with van der Waals surface area (Å²) in [7, 11) is 4.21. The number of hydrogen-bond donors (Lipinski definition) is 0. The van der Waals surface area contributed by atoms with Crippen LogP contribution >= 0.6 is 0 Å². The van der Waals surface area contributed by atoms with E-state index in [2.05, 4.69) is 74.4 Å². The molecule has 112 valence electrons. The average molecular weight is 291 g/mol. The normalized spacial score (nSPS) is 12.5. The van der Waals surface area contributed by atoms with Crippen LogP contribution in [-0.4, -0.2) is 19.0 Å². The quantitative estimate of drug-likeness (QED) is 0.654. The first-order valence-corrected chi connectivity index (χ1v) is 7.56.